The van der Waals surface area contributed by atoms with Crippen LogP contribution in [0.1, 0.15) is 17.3 Å². The van der Waals surface area contributed by atoms with Crippen molar-refractivity contribution < 1.29 is 8.81 Å². The lowest BCUT2D eigenvalue weighted by atomic mass is 10.1. The Morgan fingerprint density at radius 3 is 2.58 bits per heavy atom. The van der Waals surface area contributed by atoms with Gasteiger partial charge in [-0.2, -0.15) is 0 Å². The molecule has 0 amide bonds. The Hall–Kier alpha value is -1.68. The maximum Gasteiger partial charge on any atom is 0.227 e. The van der Waals surface area contributed by atoms with Crippen LogP contribution in [0.4, 0.5) is 4.39 Å². The Bertz CT molecular complexity index is 719. The number of alkyl halides is 1. The van der Waals surface area contributed by atoms with Gasteiger partial charge >= 0.3 is 0 Å². The van der Waals surface area contributed by atoms with Crippen LogP contribution in [0, 0.1) is 5.82 Å². The number of nitrogens with zero attached hydrogens (tertiary/aromatic N) is 1. The van der Waals surface area contributed by atoms with E-state index in [1.165, 1.54) is 12.1 Å². The minimum atomic E-state index is -0.268. The van der Waals surface area contributed by atoms with E-state index in [9.17, 15) is 4.39 Å². The second kappa shape index (κ2) is 4.78. The average molecular weight is 320 g/mol. The largest absolute Gasteiger partial charge is 0.436 e. The van der Waals surface area contributed by atoms with E-state index in [4.69, 9.17) is 4.42 Å². The van der Waals surface area contributed by atoms with Crippen molar-refractivity contribution in [1.29, 1.82) is 0 Å². The van der Waals surface area contributed by atoms with Crippen LogP contribution in [-0.4, -0.2) is 4.98 Å². The molecule has 0 saturated carbocycles. The second-order valence-electron chi connectivity index (χ2n) is 4.37. The van der Waals surface area contributed by atoms with Crippen LogP contribution >= 0.6 is 15.9 Å². The van der Waals surface area contributed by atoms with Crippen molar-refractivity contribution >= 4 is 27.0 Å². The normalized spacial score (nSPS) is 12.8. The van der Waals surface area contributed by atoms with Crippen molar-refractivity contribution in [2.45, 2.75) is 11.8 Å². The van der Waals surface area contributed by atoms with Gasteiger partial charge in [-0.3, -0.25) is 0 Å². The van der Waals surface area contributed by atoms with Crippen LogP contribution in [-0.2, 0) is 0 Å². The first-order chi connectivity index (χ1) is 9.13. The predicted octanol–water partition coefficient (Wildman–Crippen LogP) is 5.09. The van der Waals surface area contributed by atoms with Crippen molar-refractivity contribution in [3.8, 4) is 11.5 Å². The highest BCUT2D eigenvalue weighted by Gasteiger charge is 2.10. The van der Waals surface area contributed by atoms with Gasteiger partial charge in [0.15, 0.2) is 5.58 Å². The number of fused-ring (bicyclic) bond motifs is 1. The zero-order chi connectivity index (χ0) is 13.4. The summed E-state index contributed by atoms with van der Waals surface area (Å²) in [6, 6.07) is 12.0. The lowest BCUT2D eigenvalue weighted by molar-refractivity contribution is 0.616. The molecule has 0 aliphatic rings. The van der Waals surface area contributed by atoms with E-state index in [1.54, 1.807) is 12.1 Å². The molecule has 0 aliphatic carbocycles. The summed E-state index contributed by atoms with van der Waals surface area (Å²) in [4.78, 5) is 4.71. The van der Waals surface area contributed by atoms with Gasteiger partial charge in [-0.25, -0.2) is 9.37 Å². The SMILES string of the molecule is CC(Br)c1ccc2oc(-c3ccc(F)cc3)nc2c1. The minimum absolute atomic E-state index is 0.267. The first-order valence-corrected chi connectivity index (χ1v) is 6.85. The molecule has 96 valence electrons. The van der Waals surface area contributed by atoms with Gasteiger partial charge in [-0.15, -0.1) is 0 Å². The Labute approximate surface area is 118 Å². The summed E-state index contributed by atoms with van der Waals surface area (Å²) in [7, 11) is 0. The Balaban J connectivity index is 2.08. The fourth-order valence-corrected chi connectivity index (χ4v) is 2.19. The lowest BCUT2D eigenvalue weighted by Crippen LogP contribution is -1.82. The van der Waals surface area contributed by atoms with Crippen molar-refractivity contribution in [2.24, 2.45) is 0 Å². The topological polar surface area (TPSA) is 26.0 Å². The number of hydrogen-bond donors (Lipinski definition) is 0. The van der Waals surface area contributed by atoms with Gasteiger partial charge in [0.1, 0.15) is 11.3 Å². The van der Waals surface area contributed by atoms with Gasteiger partial charge in [-0.1, -0.05) is 22.0 Å². The fourth-order valence-electron chi connectivity index (χ4n) is 1.91. The maximum atomic E-state index is 12.9. The summed E-state index contributed by atoms with van der Waals surface area (Å²) in [5.74, 6) is 0.240. The molecule has 1 unspecified atom stereocenters. The van der Waals surface area contributed by atoms with Crippen molar-refractivity contribution in [3.63, 3.8) is 0 Å². The molecule has 1 heterocycles. The zero-order valence-corrected chi connectivity index (χ0v) is 11.8. The molecule has 19 heavy (non-hydrogen) atoms. The molecule has 0 bridgehead atoms. The van der Waals surface area contributed by atoms with E-state index in [2.05, 4.69) is 27.8 Å². The van der Waals surface area contributed by atoms with Gasteiger partial charge in [0, 0.05) is 10.4 Å². The molecule has 0 saturated heterocycles. The van der Waals surface area contributed by atoms with E-state index in [1.807, 2.05) is 18.2 Å². The van der Waals surface area contributed by atoms with Gasteiger partial charge in [0.05, 0.1) is 0 Å². The summed E-state index contributed by atoms with van der Waals surface area (Å²) >= 11 is 3.53. The second-order valence-corrected chi connectivity index (χ2v) is 5.74. The van der Waals surface area contributed by atoms with E-state index in [-0.39, 0.29) is 10.6 Å². The maximum absolute atomic E-state index is 12.9. The van der Waals surface area contributed by atoms with Gasteiger partial charge in [0.25, 0.3) is 0 Å². The molecule has 3 aromatic rings. The molecular formula is C15H11BrFNO. The summed E-state index contributed by atoms with van der Waals surface area (Å²) in [5.41, 5.74) is 3.46. The molecular weight excluding hydrogens is 309 g/mol. The van der Waals surface area contributed by atoms with Crippen molar-refractivity contribution in [1.82, 2.24) is 4.98 Å². The van der Waals surface area contributed by atoms with Crippen molar-refractivity contribution in [3.05, 3.63) is 53.8 Å². The molecule has 1 atom stereocenters. The molecule has 3 rings (SSSR count). The molecule has 4 heteroatoms. The first kappa shape index (κ1) is 12.4. The summed E-state index contributed by atoms with van der Waals surface area (Å²) in [5, 5.41) is 0. The average Bonchev–Trinajstić information content (AvgIpc) is 2.82. The van der Waals surface area contributed by atoms with Crippen molar-refractivity contribution in [2.75, 3.05) is 0 Å². The third kappa shape index (κ3) is 2.40. The Morgan fingerprint density at radius 2 is 1.89 bits per heavy atom. The molecule has 0 aliphatic heterocycles. The van der Waals surface area contributed by atoms with Crippen LogP contribution in [0.3, 0.4) is 0 Å². The zero-order valence-electron chi connectivity index (χ0n) is 10.2. The number of hydrogen-bond acceptors (Lipinski definition) is 2. The van der Waals surface area contributed by atoms with E-state index >= 15 is 0 Å². The quantitative estimate of drug-likeness (QED) is 0.615. The molecule has 0 N–H and O–H groups in total. The van der Waals surface area contributed by atoms with Crippen LogP contribution in [0.25, 0.3) is 22.6 Å². The standard InChI is InChI=1S/C15H11BrFNO/c1-9(16)11-4-7-14-13(8-11)18-15(19-14)10-2-5-12(17)6-3-10/h2-9H,1H3. The molecule has 1 aromatic heterocycles. The fraction of sp³-hybridized carbons (Fsp3) is 0.133. The molecule has 0 fully saturated rings. The van der Waals surface area contributed by atoms with Gasteiger partial charge < -0.3 is 4.42 Å². The highest BCUT2D eigenvalue weighted by Crippen LogP contribution is 2.28. The third-order valence-electron chi connectivity index (χ3n) is 2.96. The summed E-state index contributed by atoms with van der Waals surface area (Å²) < 4.78 is 18.6. The smallest absolute Gasteiger partial charge is 0.227 e. The summed E-state index contributed by atoms with van der Waals surface area (Å²) in [6.07, 6.45) is 0. The van der Waals surface area contributed by atoms with E-state index < -0.39 is 0 Å². The number of benzene rings is 2. The number of aromatic nitrogens is 1. The summed E-state index contributed by atoms with van der Waals surface area (Å²) in [6.45, 7) is 2.06. The highest BCUT2D eigenvalue weighted by molar-refractivity contribution is 9.09. The molecule has 0 radical (unpaired) electrons. The molecule has 0 spiro atoms. The number of oxazole rings is 1. The number of rotatable bonds is 2. The van der Waals surface area contributed by atoms with Crippen LogP contribution in [0.15, 0.2) is 46.9 Å². The van der Waals surface area contributed by atoms with Crippen LogP contribution in [0.5, 0.6) is 0 Å². The predicted molar refractivity (Wildman–Crippen MR) is 76.7 cm³/mol. The van der Waals surface area contributed by atoms with E-state index in [0.29, 0.717) is 5.89 Å². The first-order valence-electron chi connectivity index (χ1n) is 5.94. The monoisotopic (exact) mass is 319 g/mol. The minimum Gasteiger partial charge on any atom is -0.436 e. The Morgan fingerprint density at radius 1 is 1.16 bits per heavy atom. The lowest BCUT2D eigenvalue weighted by Gasteiger charge is -2.00. The highest BCUT2D eigenvalue weighted by atomic mass is 79.9. The van der Waals surface area contributed by atoms with Gasteiger partial charge in [-0.05, 0) is 48.9 Å². The third-order valence-corrected chi connectivity index (χ3v) is 3.49. The number of halogens is 2. The molecule has 2 nitrogen and oxygen atoms in total. The van der Waals surface area contributed by atoms with Gasteiger partial charge in [0.2, 0.25) is 5.89 Å². The Kier molecular flexibility index (Phi) is 3.11. The van der Waals surface area contributed by atoms with E-state index in [0.717, 1.165) is 22.2 Å². The van der Waals surface area contributed by atoms with Crippen LogP contribution in [0.2, 0.25) is 0 Å². The molecule has 2 aromatic carbocycles. The van der Waals surface area contributed by atoms with Crippen LogP contribution < -0.4 is 0 Å².